The highest BCUT2D eigenvalue weighted by atomic mass is 16.3. The molecule has 1 aromatic rings. The molecular weight excluding hydrogens is 202 g/mol. The van der Waals surface area contributed by atoms with Gasteiger partial charge in [0.15, 0.2) is 17.6 Å². The number of aliphatic hydroxyl groups is 1. The van der Waals surface area contributed by atoms with Crippen molar-refractivity contribution in [3.8, 4) is 11.5 Å². The zero-order valence-electron chi connectivity index (χ0n) is 7.54. The molecule has 0 saturated heterocycles. The van der Waals surface area contributed by atoms with Gasteiger partial charge in [-0.15, -0.1) is 0 Å². The summed E-state index contributed by atoms with van der Waals surface area (Å²) in [5, 5.41) is 27.1. The summed E-state index contributed by atoms with van der Waals surface area (Å²) >= 11 is 0. The predicted octanol–water partition coefficient (Wildman–Crippen LogP) is -0.873. The van der Waals surface area contributed by atoms with E-state index in [2.05, 4.69) is 0 Å². The molecule has 0 aromatic heterocycles. The Morgan fingerprint density at radius 1 is 1.20 bits per heavy atom. The van der Waals surface area contributed by atoms with E-state index in [1.807, 2.05) is 0 Å². The Hall–Kier alpha value is -2.08. The molecule has 0 radical (unpaired) electrons. The SMILES string of the molecule is NC(=O)C(O)C(=O)c1ccc(O)c(O)c1. The molecule has 0 saturated carbocycles. The number of aliphatic hydroxyl groups excluding tert-OH is 1. The van der Waals surface area contributed by atoms with E-state index < -0.39 is 29.3 Å². The summed E-state index contributed by atoms with van der Waals surface area (Å²) in [5.41, 5.74) is 4.61. The number of hydrogen-bond acceptors (Lipinski definition) is 5. The van der Waals surface area contributed by atoms with Crippen LogP contribution in [0.4, 0.5) is 0 Å². The van der Waals surface area contributed by atoms with Crippen molar-refractivity contribution in [1.82, 2.24) is 0 Å². The molecule has 1 aromatic carbocycles. The molecule has 1 rings (SSSR count). The molecule has 1 atom stereocenters. The van der Waals surface area contributed by atoms with E-state index in [4.69, 9.17) is 21.1 Å². The number of ketones is 1. The average molecular weight is 211 g/mol. The number of phenolic OH excluding ortho intramolecular Hbond substituents is 2. The second kappa shape index (κ2) is 3.97. The number of carbonyl (C=O) groups excluding carboxylic acids is 2. The molecule has 0 bridgehead atoms. The number of benzene rings is 1. The lowest BCUT2D eigenvalue weighted by Crippen LogP contribution is -2.35. The highest BCUT2D eigenvalue weighted by Crippen LogP contribution is 2.25. The molecule has 0 aliphatic carbocycles. The molecule has 0 aliphatic rings. The molecule has 6 nitrogen and oxygen atoms in total. The third-order valence-corrected chi connectivity index (χ3v) is 1.78. The number of rotatable bonds is 3. The Kier molecular flexibility index (Phi) is 2.91. The van der Waals surface area contributed by atoms with Crippen LogP contribution in [0.3, 0.4) is 0 Å². The number of amides is 1. The van der Waals surface area contributed by atoms with Crippen LogP contribution in [0.25, 0.3) is 0 Å². The maximum Gasteiger partial charge on any atom is 0.254 e. The first-order valence-electron chi connectivity index (χ1n) is 3.97. The van der Waals surface area contributed by atoms with Gasteiger partial charge < -0.3 is 21.1 Å². The van der Waals surface area contributed by atoms with Gasteiger partial charge in [-0.2, -0.15) is 0 Å². The fraction of sp³-hybridized carbons (Fsp3) is 0.111. The van der Waals surface area contributed by atoms with E-state index in [-0.39, 0.29) is 5.56 Å². The van der Waals surface area contributed by atoms with Gasteiger partial charge in [-0.1, -0.05) is 0 Å². The lowest BCUT2D eigenvalue weighted by Gasteiger charge is -2.06. The molecule has 0 heterocycles. The van der Waals surface area contributed by atoms with Crippen LogP contribution in [-0.4, -0.2) is 33.1 Å². The minimum Gasteiger partial charge on any atom is -0.504 e. The summed E-state index contributed by atoms with van der Waals surface area (Å²) in [5.74, 6) is -3.02. The molecule has 5 N–H and O–H groups in total. The van der Waals surface area contributed by atoms with Crippen LogP contribution in [0.5, 0.6) is 11.5 Å². The molecular formula is C9H9NO5. The first-order chi connectivity index (χ1) is 6.93. The van der Waals surface area contributed by atoms with Gasteiger partial charge in [-0.25, -0.2) is 0 Å². The number of nitrogens with two attached hydrogens (primary N) is 1. The molecule has 0 spiro atoms. The average Bonchev–Trinajstić information content (AvgIpc) is 2.19. The van der Waals surface area contributed by atoms with Crippen LogP contribution < -0.4 is 5.73 Å². The number of aromatic hydroxyl groups is 2. The smallest absolute Gasteiger partial charge is 0.254 e. The van der Waals surface area contributed by atoms with E-state index in [1.165, 1.54) is 0 Å². The minimum atomic E-state index is -1.95. The lowest BCUT2D eigenvalue weighted by atomic mass is 10.1. The van der Waals surface area contributed by atoms with Gasteiger partial charge >= 0.3 is 0 Å². The zero-order valence-corrected chi connectivity index (χ0v) is 7.54. The molecule has 1 amide bonds. The summed E-state index contributed by atoms with van der Waals surface area (Å²) in [6.07, 6.45) is -1.95. The molecule has 80 valence electrons. The van der Waals surface area contributed by atoms with Crippen molar-refractivity contribution < 1.29 is 24.9 Å². The van der Waals surface area contributed by atoms with E-state index in [0.29, 0.717) is 0 Å². The first kappa shape index (κ1) is 11.0. The molecule has 6 heteroatoms. The van der Waals surface area contributed by atoms with Gasteiger partial charge in [-0.05, 0) is 18.2 Å². The van der Waals surface area contributed by atoms with Gasteiger partial charge in [0.25, 0.3) is 5.91 Å². The van der Waals surface area contributed by atoms with Crippen molar-refractivity contribution in [3.63, 3.8) is 0 Å². The number of primary amides is 1. The van der Waals surface area contributed by atoms with Gasteiger partial charge in [0.05, 0.1) is 0 Å². The van der Waals surface area contributed by atoms with Crippen LogP contribution >= 0.6 is 0 Å². The summed E-state index contributed by atoms with van der Waals surface area (Å²) in [4.78, 5) is 21.8. The Bertz CT molecular complexity index is 415. The van der Waals surface area contributed by atoms with E-state index >= 15 is 0 Å². The highest BCUT2D eigenvalue weighted by Gasteiger charge is 2.23. The molecule has 1 unspecified atom stereocenters. The van der Waals surface area contributed by atoms with Crippen LogP contribution in [-0.2, 0) is 4.79 Å². The molecule has 0 fully saturated rings. The minimum absolute atomic E-state index is 0.114. The van der Waals surface area contributed by atoms with Crippen molar-refractivity contribution in [2.24, 2.45) is 5.73 Å². The van der Waals surface area contributed by atoms with Crippen LogP contribution in [0.1, 0.15) is 10.4 Å². The van der Waals surface area contributed by atoms with Gasteiger partial charge in [-0.3, -0.25) is 9.59 Å². The fourth-order valence-electron chi connectivity index (χ4n) is 0.964. The summed E-state index contributed by atoms with van der Waals surface area (Å²) < 4.78 is 0. The third kappa shape index (κ3) is 2.23. The number of carbonyl (C=O) groups is 2. The van der Waals surface area contributed by atoms with E-state index in [1.54, 1.807) is 0 Å². The molecule has 15 heavy (non-hydrogen) atoms. The number of phenols is 2. The Morgan fingerprint density at radius 2 is 1.80 bits per heavy atom. The van der Waals surface area contributed by atoms with Gasteiger partial charge in [0, 0.05) is 5.56 Å². The first-order valence-corrected chi connectivity index (χ1v) is 3.97. The number of hydrogen-bond donors (Lipinski definition) is 4. The summed E-state index contributed by atoms with van der Waals surface area (Å²) in [7, 11) is 0. The monoisotopic (exact) mass is 211 g/mol. The topological polar surface area (TPSA) is 121 Å². The Morgan fingerprint density at radius 3 is 2.27 bits per heavy atom. The fourth-order valence-corrected chi connectivity index (χ4v) is 0.964. The van der Waals surface area contributed by atoms with Crippen LogP contribution in [0.15, 0.2) is 18.2 Å². The third-order valence-electron chi connectivity index (χ3n) is 1.78. The maximum absolute atomic E-state index is 11.3. The summed E-state index contributed by atoms with van der Waals surface area (Å²) in [6, 6.07) is 3.16. The van der Waals surface area contributed by atoms with Crippen LogP contribution in [0, 0.1) is 0 Å². The zero-order chi connectivity index (χ0) is 11.6. The van der Waals surface area contributed by atoms with Crippen molar-refractivity contribution in [3.05, 3.63) is 23.8 Å². The Balaban J connectivity index is 3.02. The Labute approximate surface area is 84.6 Å². The normalized spacial score (nSPS) is 12.1. The molecule has 0 aliphatic heterocycles. The quantitative estimate of drug-likeness (QED) is 0.294. The van der Waals surface area contributed by atoms with Crippen molar-refractivity contribution in [2.45, 2.75) is 6.10 Å². The summed E-state index contributed by atoms with van der Waals surface area (Å²) in [6.45, 7) is 0. The van der Waals surface area contributed by atoms with Crippen molar-refractivity contribution >= 4 is 11.7 Å². The largest absolute Gasteiger partial charge is 0.504 e. The van der Waals surface area contributed by atoms with Gasteiger partial charge in [0.2, 0.25) is 5.78 Å². The highest BCUT2D eigenvalue weighted by molar-refractivity contribution is 6.12. The number of Topliss-reactive ketones (excluding diaryl/α,β-unsaturated/α-hetero) is 1. The lowest BCUT2D eigenvalue weighted by molar-refractivity contribution is -0.123. The van der Waals surface area contributed by atoms with E-state index in [0.717, 1.165) is 18.2 Å². The van der Waals surface area contributed by atoms with Crippen molar-refractivity contribution in [1.29, 1.82) is 0 Å². The standard InChI is InChI=1S/C9H9NO5/c10-9(15)8(14)7(13)4-1-2-5(11)6(12)3-4/h1-3,8,11-12,14H,(H2,10,15). The second-order valence-corrected chi connectivity index (χ2v) is 2.87. The van der Waals surface area contributed by atoms with Gasteiger partial charge in [0.1, 0.15) is 0 Å². The van der Waals surface area contributed by atoms with Crippen molar-refractivity contribution in [2.75, 3.05) is 0 Å². The predicted molar refractivity (Wildman–Crippen MR) is 49.3 cm³/mol. The van der Waals surface area contributed by atoms with Crippen LogP contribution in [0.2, 0.25) is 0 Å². The van der Waals surface area contributed by atoms with E-state index in [9.17, 15) is 9.59 Å². The second-order valence-electron chi connectivity index (χ2n) is 2.87. The maximum atomic E-state index is 11.3.